The minimum atomic E-state index is -3.64. The van der Waals surface area contributed by atoms with Gasteiger partial charge in [-0.05, 0) is 55.7 Å². The molecule has 1 aliphatic carbocycles. The second-order valence-electron chi connectivity index (χ2n) is 10.4. The molecule has 2 saturated heterocycles. The lowest BCUT2D eigenvalue weighted by Crippen LogP contribution is -2.56. The molecule has 2 aliphatic heterocycles. The molecule has 3 aliphatic rings. The van der Waals surface area contributed by atoms with Crippen LogP contribution in [0.3, 0.4) is 0 Å². The van der Waals surface area contributed by atoms with Crippen molar-refractivity contribution in [2.45, 2.75) is 56.6 Å². The van der Waals surface area contributed by atoms with Gasteiger partial charge in [-0.25, -0.2) is 4.39 Å². The van der Waals surface area contributed by atoms with Crippen LogP contribution in [0.4, 0.5) is 4.39 Å². The number of nitrogens with one attached hydrogen (secondary N) is 2. The molecule has 1 saturated carbocycles. The lowest BCUT2D eigenvalue weighted by Gasteiger charge is -2.40. The first-order valence-corrected chi connectivity index (χ1v) is 14.2. The number of ether oxygens (including phenoxy) is 1. The van der Waals surface area contributed by atoms with Gasteiger partial charge in [-0.15, -0.1) is 0 Å². The number of halogens is 1. The van der Waals surface area contributed by atoms with Gasteiger partial charge in [0.1, 0.15) is 5.82 Å². The van der Waals surface area contributed by atoms with E-state index in [1.165, 1.54) is 20.2 Å². The summed E-state index contributed by atoms with van der Waals surface area (Å²) in [5, 5.41) is 2.71. The standard InChI is InChI=1S/C25H37FN4O5S/c1-29(2)36(33,34)28-23-10-11-30(25(32)19-13-24(31)27-14-19)15-20(23)16-35-22-8-6-17(7-9-22)18-4-3-5-21(26)12-18/h3-5,12,17,19-20,22-23,28H,6-11,13-16H2,1-2H3,(H,27,31)/t17?,19?,20-,22?,23-/m0/s1. The number of carbonyl (C=O) groups excluding carboxylic acids is 2. The quantitative estimate of drug-likeness (QED) is 0.537. The first-order valence-electron chi connectivity index (χ1n) is 12.7. The minimum Gasteiger partial charge on any atom is -0.378 e. The smallest absolute Gasteiger partial charge is 0.279 e. The summed E-state index contributed by atoms with van der Waals surface area (Å²) in [5.74, 6) is -0.661. The Bertz CT molecular complexity index is 1040. The van der Waals surface area contributed by atoms with Crippen LogP contribution >= 0.6 is 0 Å². The van der Waals surface area contributed by atoms with Gasteiger partial charge in [0.15, 0.2) is 0 Å². The monoisotopic (exact) mass is 524 g/mol. The van der Waals surface area contributed by atoms with E-state index in [4.69, 9.17) is 4.74 Å². The van der Waals surface area contributed by atoms with E-state index < -0.39 is 10.2 Å². The average molecular weight is 525 g/mol. The van der Waals surface area contributed by atoms with Gasteiger partial charge in [-0.3, -0.25) is 9.59 Å². The van der Waals surface area contributed by atoms with Crippen molar-refractivity contribution in [2.24, 2.45) is 11.8 Å². The van der Waals surface area contributed by atoms with Crippen LogP contribution in [0.15, 0.2) is 24.3 Å². The summed E-state index contributed by atoms with van der Waals surface area (Å²) in [6.45, 7) is 1.49. The molecule has 3 atom stereocenters. The Hall–Kier alpha value is -2.08. The number of hydrogen-bond acceptors (Lipinski definition) is 5. The summed E-state index contributed by atoms with van der Waals surface area (Å²) in [4.78, 5) is 26.3. The second kappa shape index (κ2) is 11.5. The van der Waals surface area contributed by atoms with Gasteiger partial charge in [0.2, 0.25) is 11.8 Å². The molecular weight excluding hydrogens is 487 g/mol. The predicted molar refractivity (Wildman–Crippen MR) is 133 cm³/mol. The van der Waals surface area contributed by atoms with Crippen LogP contribution in [0.2, 0.25) is 0 Å². The molecule has 0 spiro atoms. The molecule has 3 fully saturated rings. The van der Waals surface area contributed by atoms with E-state index in [0.717, 1.165) is 35.6 Å². The molecular formula is C25H37FN4O5S. The number of benzene rings is 1. The first-order chi connectivity index (χ1) is 17.1. The maximum Gasteiger partial charge on any atom is 0.279 e. The minimum absolute atomic E-state index is 0.0450. The molecule has 2 heterocycles. The van der Waals surface area contributed by atoms with Crippen LogP contribution in [0.5, 0.6) is 0 Å². The first kappa shape index (κ1) is 27.0. The third kappa shape index (κ3) is 6.62. The zero-order chi connectivity index (χ0) is 25.9. The molecule has 2 N–H and O–H groups in total. The summed E-state index contributed by atoms with van der Waals surface area (Å²) in [6, 6.07) is 6.42. The third-order valence-corrected chi connectivity index (χ3v) is 9.26. The molecule has 9 nitrogen and oxygen atoms in total. The number of likely N-dealkylation sites (tertiary alicyclic amines) is 1. The van der Waals surface area contributed by atoms with Gasteiger partial charge < -0.3 is 15.0 Å². The van der Waals surface area contributed by atoms with Gasteiger partial charge in [-0.2, -0.15) is 17.4 Å². The SMILES string of the molecule is CN(C)S(=O)(=O)N[C@H]1CCN(C(=O)C2CNC(=O)C2)C[C@H]1COC1CCC(c2cccc(F)c2)CC1. The highest BCUT2D eigenvalue weighted by molar-refractivity contribution is 7.87. The second-order valence-corrected chi connectivity index (χ2v) is 12.3. The van der Waals surface area contributed by atoms with Gasteiger partial charge in [0, 0.05) is 52.1 Å². The largest absolute Gasteiger partial charge is 0.378 e. The fourth-order valence-corrected chi connectivity index (χ4v) is 6.38. The number of hydrogen-bond donors (Lipinski definition) is 2. The zero-order valence-corrected chi connectivity index (χ0v) is 21.8. The normalized spacial score (nSPS) is 29.4. The fourth-order valence-electron chi connectivity index (χ4n) is 5.47. The number of amides is 2. The van der Waals surface area contributed by atoms with E-state index in [1.54, 1.807) is 17.0 Å². The van der Waals surface area contributed by atoms with Crippen LogP contribution in [0.25, 0.3) is 0 Å². The van der Waals surface area contributed by atoms with Crippen molar-refractivity contribution in [3.8, 4) is 0 Å². The van der Waals surface area contributed by atoms with E-state index in [1.807, 2.05) is 6.07 Å². The van der Waals surface area contributed by atoms with Crippen molar-refractivity contribution >= 4 is 22.0 Å². The van der Waals surface area contributed by atoms with Crippen molar-refractivity contribution in [1.82, 2.24) is 19.2 Å². The summed E-state index contributed by atoms with van der Waals surface area (Å²) < 4.78 is 48.9. The summed E-state index contributed by atoms with van der Waals surface area (Å²) in [6.07, 6.45) is 4.23. The van der Waals surface area contributed by atoms with Crippen molar-refractivity contribution < 1.29 is 27.1 Å². The Labute approximate surface area is 212 Å². The zero-order valence-electron chi connectivity index (χ0n) is 21.0. The number of piperidine rings is 1. The molecule has 1 unspecified atom stereocenters. The van der Waals surface area contributed by atoms with Crippen LogP contribution in [-0.2, 0) is 24.5 Å². The molecule has 0 aromatic heterocycles. The van der Waals surface area contributed by atoms with Gasteiger partial charge >= 0.3 is 0 Å². The lowest BCUT2D eigenvalue weighted by molar-refractivity contribution is -0.138. The summed E-state index contributed by atoms with van der Waals surface area (Å²) >= 11 is 0. The molecule has 11 heteroatoms. The van der Waals surface area contributed by atoms with Crippen molar-refractivity contribution in [3.63, 3.8) is 0 Å². The number of nitrogens with zero attached hydrogens (tertiary/aromatic N) is 2. The lowest BCUT2D eigenvalue weighted by atomic mass is 9.82. The maximum atomic E-state index is 13.6. The molecule has 0 radical (unpaired) electrons. The Morgan fingerprint density at radius 1 is 1.22 bits per heavy atom. The Kier molecular flexibility index (Phi) is 8.64. The number of rotatable bonds is 8. The highest BCUT2D eigenvalue weighted by atomic mass is 32.2. The van der Waals surface area contributed by atoms with Gasteiger partial charge in [0.25, 0.3) is 10.2 Å². The Balaban J connectivity index is 1.36. The molecule has 0 bridgehead atoms. The topological polar surface area (TPSA) is 108 Å². The molecule has 200 valence electrons. The van der Waals surface area contributed by atoms with Crippen LogP contribution in [-0.4, -0.2) is 81.9 Å². The highest BCUT2D eigenvalue weighted by Gasteiger charge is 2.38. The van der Waals surface area contributed by atoms with Crippen LogP contribution in [0, 0.1) is 17.7 Å². The molecule has 36 heavy (non-hydrogen) atoms. The summed E-state index contributed by atoms with van der Waals surface area (Å²) in [7, 11) is -0.677. The van der Waals surface area contributed by atoms with Crippen molar-refractivity contribution in [3.05, 3.63) is 35.6 Å². The molecule has 1 aromatic rings. The van der Waals surface area contributed by atoms with Crippen LogP contribution < -0.4 is 10.0 Å². The predicted octanol–water partition coefficient (Wildman–Crippen LogP) is 1.62. The number of carbonyl (C=O) groups is 2. The van der Waals surface area contributed by atoms with E-state index in [9.17, 15) is 22.4 Å². The van der Waals surface area contributed by atoms with Crippen molar-refractivity contribution in [2.75, 3.05) is 40.3 Å². The van der Waals surface area contributed by atoms with Crippen molar-refractivity contribution in [1.29, 1.82) is 0 Å². The van der Waals surface area contributed by atoms with Crippen LogP contribution in [0.1, 0.15) is 50.0 Å². The van der Waals surface area contributed by atoms with Gasteiger partial charge in [0.05, 0.1) is 18.6 Å². The van der Waals surface area contributed by atoms with E-state index in [-0.39, 0.29) is 48.0 Å². The average Bonchev–Trinajstić information content (AvgIpc) is 3.29. The Morgan fingerprint density at radius 3 is 2.61 bits per heavy atom. The summed E-state index contributed by atoms with van der Waals surface area (Å²) in [5.41, 5.74) is 1.02. The third-order valence-electron chi connectivity index (χ3n) is 7.69. The molecule has 2 amide bonds. The molecule has 4 rings (SSSR count). The van der Waals surface area contributed by atoms with E-state index in [0.29, 0.717) is 38.6 Å². The highest BCUT2D eigenvalue weighted by Crippen LogP contribution is 2.35. The fraction of sp³-hybridized carbons (Fsp3) is 0.680. The maximum absolute atomic E-state index is 13.6. The van der Waals surface area contributed by atoms with E-state index in [2.05, 4.69) is 10.0 Å². The Morgan fingerprint density at radius 2 is 1.97 bits per heavy atom. The molecule has 1 aromatic carbocycles. The van der Waals surface area contributed by atoms with E-state index >= 15 is 0 Å². The van der Waals surface area contributed by atoms with Gasteiger partial charge in [-0.1, -0.05) is 12.1 Å².